The van der Waals surface area contributed by atoms with Crippen molar-refractivity contribution in [3.05, 3.63) is 12.2 Å². The van der Waals surface area contributed by atoms with Crippen LogP contribution >= 0.6 is 0 Å². The molecule has 0 unspecified atom stereocenters. The maximum absolute atomic E-state index is 3.89. The maximum atomic E-state index is 3.89. The number of likely N-dealkylation sites (tertiary alicyclic amines) is 1. The molecule has 0 amide bonds. The summed E-state index contributed by atoms with van der Waals surface area (Å²) in [6, 6.07) is 0.690. The molecule has 0 aromatic rings. The van der Waals surface area contributed by atoms with E-state index in [4.69, 9.17) is 0 Å². The Kier molecular flexibility index (Phi) is 1.39. The lowest BCUT2D eigenvalue weighted by Crippen LogP contribution is -2.44. The normalized spacial score (nSPS) is 29.5. The van der Waals surface area contributed by atoms with Crippen molar-refractivity contribution in [1.29, 1.82) is 0 Å². The van der Waals surface area contributed by atoms with E-state index in [1.165, 1.54) is 18.5 Å². The highest BCUT2D eigenvalue weighted by molar-refractivity contribution is 5.06. The Morgan fingerprint density at radius 2 is 2.38 bits per heavy atom. The van der Waals surface area contributed by atoms with E-state index in [0.29, 0.717) is 6.04 Å². The molecule has 1 heteroatoms. The molecule has 0 aromatic heterocycles. The lowest BCUT2D eigenvalue weighted by molar-refractivity contribution is 0.157. The molecular weight excluding hydrogens is 98.1 g/mol. The standard InChI is InChI=1S/C7H13N/c1-6(2)7-4-5-8(7)3/h7H,1,4-5H2,2-3H3/t7-/m0/s1. The first-order chi connectivity index (χ1) is 3.72. The van der Waals surface area contributed by atoms with Crippen molar-refractivity contribution >= 4 is 0 Å². The monoisotopic (exact) mass is 111 g/mol. The van der Waals surface area contributed by atoms with Gasteiger partial charge in [0.1, 0.15) is 0 Å². The smallest absolute Gasteiger partial charge is 0.0311 e. The lowest BCUT2D eigenvalue weighted by Gasteiger charge is -2.38. The fraction of sp³-hybridized carbons (Fsp3) is 0.714. The molecule has 1 aliphatic heterocycles. The number of hydrogen-bond acceptors (Lipinski definition) is 1. The second-order valence-corrected chi connectivity index (χ2v) is 2.63. The van der Waals surface area contributed by atoms with E-state index in [1.54, 1.807) is 0 Å². The zero-order valence-corrected chi connectivity index (χ0v) is 5.65. The van der Waals surface area contributed by atoms with E-state index in [-0.39, 0.29) is 0 Å². The van der Waals surface area contributed by atoms with Crippen LogP contribution in [0, 0.1) is 0 Å². The van der Waals surface area contributed by atoms with Crippen LogP contribution in [-0.4, -0.2) is 24.5 Å². The fourth-order valence-electron chi connectivity index (χ4n) is 1.14. The molecule has 0 N–H and O–H groups in total. The minimum absolute atomic E-state index is 0.690. The van der Waals surface area contributed by atoms with Crippen molar-refractivity contribution in [2.24, 2.45) is 0 Å². The summed E-state index contributed by atoms with van der Waals surface area (Å²) >= 11 is 0. The van der Waals surface area contributed by atoms with Gasteiger partial charge in [-0.25, -0.2) is 0 Å². The third-order valence-corrected chi connectivity index (χ3v) is 1.86. The Balaban J connectivity index is 2.37. The van der Waals surface area contributed by atoms with Gasteiger partial charge < -0.3 is 0 Å². The van der Waals surface area contributed by atoms with Crippen molar-refractivity contribution in [2.75, 3.05) is 13.6 Å². The molecule has 1 atom stereocenters. The van der Waals surface area contributed by atoms with Gasteiger partial charge in [-0.1, -0.05) is 12.2 Å². The van der Waals surface area contributed by atoms with Crippen LogP contribution in [0.3, 0.4) is 0 Å². The number of likely N-dealkylation sites (N-methyl/N-ethyl adjacent to an activating group) is 1. The second-order valence-electron chi connectivity index (χ2n) is 2.63. The molecule has 0 bridgehead atoms. The van der Waals surface area contributed by atoms with Crippen molar-refractivity contribution < 1.29 is 0 Å². The molecule has 0 aromatic carbocycles. The van der Waals surface area contributed by atoms with Crippen LogP contribution in [0.2, 0.25) is 0 Å². The van der Waals surface area contributed by atoms with Gasteiger partial charge in [0.05, 0.1) is 0 Å². The zero-order chi connectivity index (χ0) is 6.15. The second kappa shape index (κ2) is 1.90. The van der Waals surface area contributed by atoms with E-state index >= 15 is 0 Å². The summed E-state index contributed by atoms with van der Waals surface area (Å²) in [5.74, 6) is 0. The Morgan fingerprint density at radius 1 is 1.75 bits per heavy atom. The van der Waals surface area contributed by atoms with E-state index in [2.05, 4.69) is 25.5 Å². The Hall–Kier alpha value is -0.300. The highest BCUT2D eigenvalue weighted by Gasteiger charge is 2.23. The molecular formula is C7H13N. The molecule has 1 aliphatic rings. The van der Waals surface area contributed by atoms with Crippen LogP contribution in [0.5, 0.6) is 0 Å². The van der Waals surface area contributed by atoms with E-state index in [9.17, 15) is 0 Å². The minimum atomic E-state index is 0.690. The SMILES string of the molecule is C=C(C)[C@@H]1CCN1C. The summed E-state index contributed by atoms with van der Waals surface area (Å²) in [6.45, 7) is 7.23. The summed E-state index contributed by atoms with van der Waals surface area (Å²) < 4.78 is 0. The molecule has 1 rings (SSSR count). The van der Waals surface area contributed by atoms with Gasteiger partial charge in [-0.05, 0) is 20.4 Å². The number of nitrogens with zero attached hydrogens (tertiary/aromatic N) is 1. The fourth-order valence-corrected chi connectivity index (χ4v) is 1.14. The van der Waals surface area contributed by atoms with Crippen molar-refractivity contribution in [3.8, 4) is 0 Å². The van der Waals surface area contributed by atoms with Gasteiger partial charge in [0.25, 0.3) is 0 Å². The van der Waals surface area contributed by atoms with Gasteiger partial charge in [0.2, 0.25) is 0 Å². The Morgan fingerprint density at radius 3 is 2.38 bits per heavy atom. The molecule has 8 heavy (non-hydrogen) atoms. The lowest BCUT2D eigenvalue weighted by atomic mass is 9.98. The summed E-state index contributed by atoms with van der Waals surface area (Å²) in [7, 11) is 2.14. The summed E-state index contributed by atoms with van der Waals surface area (Å²) in [5, 5.41) is 0. The molecule has 46 valence electrons. The van der Waals surface area contributed by atoms with Gasteiger partial charge in [0, 0.05) is 12.6 Å². The van der Waals surface area contributed by atoms with Gasteiger partial charge in [-0.15, -0.1) is 0 Å². The van der Waals surface area contributed by atoms with Gasteiger partial charge >= 0.3 is 0 Å². The molecule has 1 fully saturated rings. The number of rotatable bonds is 1. The van der Waals surface area contributed by atoms with Crippen molar-refractivity contribution in [1.82, 2.24) is 4.90 Å². The third-order valence-electron chi connectivity index (χ3n) is 1.86. The van der Waals surface area contributed by atoms with Gasteiger partial charge in [0.15, 0.2) is 0 Å². The molecule has 0 radical (unpaired) electrons. The van der Waals surface area contributed by atoms with Crippen LogP contribution in [0.4, 0.5) is 0 Å². The van der Waals surface area contributed by atoms with E-state index in [1.807, 2.05) is 0 Å². The largest absolute Gasteiger partial charge is 0.300 e. The molecule has 1 nitrogen and oxygen atoms in total. The van der Waals surface area contributed by atoms with Crippen LogP contribution in [0.25, 0.3) is 0 Å². The predicted molar refractivity (Wildman–Crippen MR) is 35.8 cm³/mol. The molecule has 1 saturated heterocycles. The number of hydrogen-bond donors (Lipinski definition) is 0. The van der Waals surface area contributed by atoms with Gasteiger partial charge in [-0.2, -0.15) is 0 Å². The van der Waals surface area contributed by atoms with Crippen LogP contribution in [0.1, 0.15) is 13.3 Å². The summed E-state index contributed by atoms with van der Waals surface area (Å²) in [4.78, 5) is 2.32. The van der Waals surface area contributed by atoms with Crippen molar-refractivity contribution in [3.63, 3.8) is 0 Å². The topological polar surface area (TPSA) is 3.24 Å². The van der Waals surface area contributed by atoms with Crippen molar-refractivity contribution in [2.45, 2.75) is 19.4 Å². The first kappa shape index (κ1) is 5.83. The van der Waals surface area contributed by atoms with Crippen LogP contribution in [0.15, 0.2) is 12.2 Å². The average Bonchev–Trinajstić information content (AvgIpc) is 1.61. The maximum Gasteiger partial charge on any atom is 0.0311 e. The van der Waals surface area contributed by atoms with Crippen LogP contribution < -0.4 is 0 Å². The predicted octanol–water partition coefficient (Wildman–Crippen LogP) is 1.27. The van der Waals surface area contributed by atoms with Crippen LogP contribution in [-0.2, 0) is 0 Å². The van der Waals surface area contributed by atoms with E-state index < -0.39 is 0 Å². The quantitative estimate of drug-likeness (QED) is 0.460. The minimum Gasteiger partial charge on any atom is -0.300 e. The average molecular weight is 111 g/mol. The highest BCUT2D eigenvalue weighted by atomic mass is 15.2. The summed E-state index contributed by atoms with van der Waals surface area (Å²) in [6.07, 6.45) is 1.31. The zero-order valence-electron chi connectivity index (χ0n) is 5.65. The third kappa shape index (κ3) is 0.781. The Bertz CT molecular complexity index is 107. The first-order valence-corrected chi connectivity index (χ1v) is 3.07. The summed E-state index contributed by atoms with van der Waals surface area (Å²) in [5.41, 5.74) is 1.30. The molecule has 1 heterocycles. The molecule has 0 saturated carbocycles. The molecule has 0 spiro atoms. The molecule has 0 aliphatic carbocycles. The highest BCUT2D eigenvalue weighted by Crippen LogP contribution is 2.19. The van der Waals surface area contributed by atoms with Gasteiger partial charge in [-0.3, -0.25) is 4.90 Å². The Labute approximate surface area is 51.0 Å². The van der Waals surface area contributed by atoms with E-state index in [0.717, 1.165) is 0 Å². The first-order valence-electron chi connectivity index (χ1n) is 3.07.